The Kier molecular flexibility index (Phi) is 4.31. The van der Waals surface area contributed by atoms with Crippen LogP contribution in [0.15, 0.2) is 24.3 Å². The minimum absolute atomic E-state index is 0.294. The van der Waals surface area contributed by atoms with E-state index in [0.717, 1.165) is 0 Å². The number of ether oxygens (including phenoxy) is 1. The molecule has 4 heteroatoms. The van der Waals surface area contributed by atoms with Gasteiger partial charge in [0.2, 0.25) is 0 Å². The second-order valence-electron chi connectivity index (χ2n) is 3.74. The van der Waals surface area contributed by atoms with Crippen molar-refractivity contribution in [3.05, 3.63) is 29.8 Å². The number of amides is 1. The lowest BCUT2D eigenvalue weighted by Crippen LogP contribution is -2.30. The molecule has 0 aliphatic rings. The predicted octanol–water partition coefficient (Wildman–Crippen LogP) is 1.22. The maximum absolute atomic E-state index is 10.8. The van der Waals surface area contributed by atoms with Crippen LogP contribution >= 0.6 is 0 Å². The first kappa shape index (κ1) is 12.5. The quantitative estimate of drug-likeness (QED) is 0.787. The van der Waals surface area contributed by atoms with E-state index in [1.54, 1.807) is 6.92 Å². The highest BCUT2D eigenvalue weighted by Crippen LogP contribution is 2.18. The van der Waals surface area contributed by atoms with Gasteiger partial charge in [-0.25, -0.2) is 0 Å². The summed E-state index contributed by atoms with van der Waals surface area (Å²) in [6.45, 7) is 3.70. The predicted molar refractivity (Wildman–Crippen MR) is 63.2 cm³/mol. The molecule has 0 saturated carbocycles. The van der Waals surface area contributed by atoms with Crippen LogP contribution in [0.4, 0.5) is 0 Å². The van der Waals surface area contributed by atoms with Crippen molar-refractivity contribution < 1.29 is 9.53 Å². The molecule has 0 bridgehead atoms. The molecule has 2 unspecified atom stereocenters. The van der Waals surface area contributed by atoms with Crippen LogP contribution in [0.2, 0.25) is 0 Å². The lowest BCUT2D eigenvalue weighted by Gasteiger charge is -2.13. The second-order valence-corrected chi connectivity index (χ2v) is 3.74. The topological polar surface area (TPSA) is 64.3 Å². The molecule has 1 amide bonds. The molecule has 1 aromatic carbocycles. The summed E-state index contributed by atoms with van der Waals surface area (Å²) in [6, 6.07) is 7.89. The minimum atomic E-state index is -0.604. The van der Waals surface area contributed by atoms with Gasteiger partial charge in [-0.15, -0.1) is 0 Å². The van der Waals surface area contributed by atoms with Gasteiger partial charge in [-0.3, -0.25) is 4.79 Å². The molecule has 0 radical (unpaired) electrons. The highest BCUT2D eigenvalue weighted by Gasteiger charge is 2.10. The molecule has 2 atom stereocenters. The van der Waals surface area contributed by atoms with E-state index in [0.29, 0.717) is 11.8 Å². The number of nitrogens with one attached hydrogen (secondary N) is 1. The van der Waals surface area contributed by atoms with Crippen molar-refractivity contribution >= 4 is 5.91 Å². The Hall–Kier alpha value is -1.55. The summed E-state index contributed by atoms with van der Waals surface area (Å²) in [5.41, 5.74) is 6.28. The number of carbonyl (C=O) groups is 1. The van der Waals surface area contributed by atoms with E-state index < -0.39 is 12.0 Å². The summed E-state index contributed by atoms with van der Waals surface area (Å²) in [7, 11) is 1.91. The number of hydrogen-bond donors (Lipinski definition) is 2. The number of rotatable bonds is 5. The monoisotopic (exact) mass is 222 g/mol. The Balaban J connectivity index is 2.68. The minimum Gasteiger partial charge on any atom is -0.481 e. The number of benzene rings is 1. The molecule has 1 rings (SSSR count). The molecule has 0 spiro atoms. The van der Waals surface area contributed by atoms with Gasteiger partial charge in [0.1, 0.15) is 5.75 Å². The van der Waals surface area contributed by atoms with E-state index in [1.807, 2.05) is 31.3 Å². The van der Waals surface area contributed by atoms with Gasteiger partial charge in [-0.2, -0.15) is 0 Å². The SMILES string of the molecule is CNC(C)c1ccc(OC(C)C(N)=O)cc1. The molecule has 0 saturated heterocycles. The maximum Gasteiger partial charge on any atom is 0.258 e. The fourth-order valence-electron chi connectivity index (χ4n) is 1.26. The Bertz CT molecular complexity index is 349. The van der Waals surface area contributed by atoms with Crippen LogP contribution in [0, 0.1) is 0 Å². The Morgan fingerprint density at radius 1 is 1.31 bits per heavy atom. The third kappa shape index (κ3) is 3.24. The number of nitrogens with two attached hydrogens (primary N) is 1. The van der Waals surface area contributed by atoms with Gasteiger partial charge in [0.15, 0.2) is 6.10 Å². The average Bonchev–Trinajstić information content (AvgIpc) is 2.28. The highest BCUT2D eigenvalue weighted by atomic mass is 16.5. The summed E-state index contributed by atoms with van der Waals surface area (Å²) in [5.74, 6) is 0.186. The zero-order valence-electron chi connectivity index (χ0n) is 9.86. The van der Waals surface area contributed by atoms with Crippen molar-refractivity contribution in [2.24, 2.45) is 5.73 Å². The summed E-state index contributed by atoms with van der Waals surface area (Å²) in [5, 5.41) is 3.14. The van der Waals surface area contributed by atoms with Crippen LogP contribution in [0.5, 0.6) is 5.75 Å². The largest absolute Gasteiger partial charge is 0.481 e. The lowest BCUT2D eigenvalue weighted by atomic mass is 10.1. The molecule has 1 aromatic rings. The molecular weight excluding hydrogens is 204 g/mol. The van der Waals surface area contributed by atoms with Gasteiger partial charge in [0.05, 0.1) is 0 Å². The molecule has 0 aliphatic heterocycles. The van der Waals surface area contributed by atoms with Crippen molar-refractivity contribution in [1.29, 1.82) is 0 Å². The summed E-state index contributed by atoms with van der Waals surface area (Å²) >= 11 is 0. The molecule has 0 aromatic heterocycles. The van der Waals surface area contributed by atoms with Gasteiger partial charge in [-0.05, 0) is 38.6 Å². The van der Waals surface area contributed by atoms with Gasteiger partial charge < -0.3 is 15.8 Å². The van der Waals surface area contributed by atoms with Crippen LogP contribution in [0.1, 0.15) is 25.5 Å². The van der Waals surface area contributed by atoms with Crippen LogP contribution in [0.3, 0.4) is 0 Å². The zero-order chi connectivity index (χ0) is 12.1. The van der Waals surface area contributed by atoms with Crippen LogP contribution in [-0.4, -0.2) is 19.1 Å². The molecule has 4 nitrogen and oxygen atoms in total. The molecule has 3 N–H and O–H groups in total. The summed E-state index contributed by atoms with van der Waals surface area (Å²) in [6.07, 6.45) is -0.604. The molecular formula is C12H18N2O2. The fraction of sp³-hybridized carbons (Fsp3) is 0.417. The van der Waals surface area contributed by atoms with E-state index >= 15 is 0 Å². The van der Waals surface area contributed by atoms with Crippen molar-refractivity contribution in [1.82, 2.24) is 5.32 Å². The Labute approximate surface area is 95.8 Å². The van der Waals surface area contributed by atoms with E-state index in [2.05, 4.69) is 12.2 Å². The van der Waals surface area contributed by atoms with Crippen molar-refractivity contribution in [3.8, 4) is 5.75 Å². The number of carbonyl (C=O) groups excluding carboxylic acids is 1. The van der Waals surface area contributed by atoms with Crippen LogP contribution < -0.4 is 15.8 Å². The summed E-state index contributed by atoms with van der Waals surface area (Å²) in [4.78, 5) is 10.8. The van der Waals surface area contributed by atoms with E-state index in [-0.39, 0.29) is 0 Å². The zero-order valence-corrected chi connectivity index (χ0v) is 9.86. The van der Waals surface area contributed by atoms with Crippen LogP contribution in [0.25, 0.3) is 0 Å². The molecule has 88 valence electrons. The standard InChI is InChI=1S/C12H18N2O2/c1-8(14-3)10-4-6-11(7-5-10)16-9(2)12(13)15/h4-9,14H,1-3H3,(H2,13,15). The van der Waals surface area contributed by atoms with Gasteiger partial charge in [-0.1, -0.05) is 12.1 Å². The Morgan fingerprint density at radius 2 is 1.88 bits per heavy atom. The molecule has 0 aliphatic carbocycles. The van der Waals surface area contributed by atoms with Crippen LogP contribution in [-0.2, 0) is 4.79 Å². The van der Waals surface area contributed by atoms with Crippen molar-refractivity contribution in [3.63, 3.8) is 0 Å². The molecule has 16 heavy (non-hydrogen) atoms. The average molecular weight is 222 g/mol. The van der Waals surface area contributed by atoms with E-state index in [4.69, 9.17) is 10.5 Å². The first-order valence-corrected chi connectivity index (χ1v) is 5.27. The lowest BCUT2D eigenvalue weighted by molar-refractivity contribution is -0.123. The normalized spacial score (nSPS) is 14.2. The first-order valence-electron chi connectivity index (χ1n) is 5.27. The first-order chi connectivity index (χ1) is 7.54. The fourth-order valence-corrected chi connectivity index (χ4v) is 1.26. The van der Waals surface area contributed by atoms with E-state index in [9.17, 15) is 4.79 Å². The maximum atomic E-state index is 10.8. The van der Waals surface area contributed by atoms with Gasteiger partial charge in [0.25, 0.3) is 5.91 Å². The Morgan fingerprint density at radius 3 is 2.31 bits per heavy atom. The van der Waals surface area contributed by atoms with Gasteiger partial charge in [0, 0.05) is 6.04 Å². The van der Waals surface area contributed by atoms with Crippen molar-refractivity contribution in [2.75, 3.05) is 7.05 Å². The van der Waals surface area contributed by atoms with Gasteiger partial charge >= 0.3 is 0 Å². The third-order valence-electron chi connectivity index (χ3n) is 2.53. The second kappa shape index (κ2) is 5.51. The highest BCUT2D eigenvalue weighted by molar-refractivity contribution is 5.78. The molecule has 0 fully saturated rings. The van der Waals surface area contributed by atoms with Crippen molar-refractivity contribution in [2.45, 2.75) is 26.0 Å². The molecule has 0 heterocycles. The third-order valence-corrected chi connectivity index (χ3v) is 2.53. The summed E-state index contributed by atoms with van der Waals surface area (Å²) < 4.78 is 5.35. The number of primary amides is 1. The van der Waals surface area contributed by atoms with E-state index in [1.165, 1.54) is 5.56 Å². The number of hydrogen-bond acceptors (Lipinski definition) is 3. The smallest absolute Gasteiger partial charge is 0.258 e.